The minimum absolute atomic E-state index is 0.553. The van der Waals surface area contributed by atoms with Gasteiger partial charge in [-0.15, -0.1) is 11.3 Å². The molecule has 5 nitrogen and oxygen atoms in total. The summed E-state index contributed by atoms with van der Waals surface area (Å²) in [5, 5.41) is 0.800. The van der Waals surface area contributed by atoms with Gasteiger partial charge in [-0.2, -0.15) is 0 Å². The zero-order valence-corrected chi connectivity index (χ0v) is 15.4. The Bertz CT molecular complexity index is 1070. The molecule has 0 fully saturated rings. The van der Waals surface area contributed by atoms with Crippen LogP contribution in [0.25, 0.3) is 27.3 Å². The van der Waals surface area contributed by atoms with Crippen LogP contribution in [0.2, 0.25) is 0 Å². The minimum Gasteiger partial charge on any atom is -0.396 e. The van der Waals surface area contributed by atoms with E-state index in [1.54, 1.807) is 6.20 Å². The van der Waals surface area contributed by atoms with Gasteiger partial charge in [-0.05, 0) is 6.42 Å². The van der Waals surface area contributed by atoms with E-state index in [0.29, 0.717) is 15.6 Å². The van der Waals surface area contributed by atoms with E-state index in [9.17, 15) is 4.21 Å². The molecule has 0 saturated heterocycles. The standard InChI is InChI=1S/C18H18N4OS2/c1-2-3-11-25(23)18-14(19)13-16-20-9-10-22(16)15(21-17(13)24-18)12-7-5-4-6-8-12/h4-10H,2-3,11,19H2,1H3. The number of hydrogen-bond donors (Lipinski definition) is 1. The van der Waals surface area contributed by atoms with Gasteiger partial charge in [-0.1, -0.05) is 43.7 Å². The molecule has 1 unspecified atom stereocenters. The number of nitrogen functional groups attached to an aromatic ring is 1. The van der Waals surface area contributed by atoms with Crippen LogP contribution in [0.3, 0.4) is 0 Å². The fourth-order valence-electron chi connectivity index (χ4n) is 2.84. The Kier molecular flexibility index (Phi) is 4.27. The molecule has 1 aromatic carbocycles. The van der Waals surface area contributed by atoms with Crippen molar-refractivity contribution in [2.24, 2.45) is 0 Å². The summed E-state index contributed by atoms with van der Waals surface area (Å²) in [4.78, 5) is 10.1. The van der Waals surface area contributed by atoms with Crippen molar-refractivity contribution < 1.29 is 4.21 Å². The highest BCUT2D eigenvalue weighted by molar-refractivity contribution is 7.87. The van der Waals surface area contributed by atoms with Gasteiger partial charge >= 0.3 is 0 Å². The third kappa shape index (κ3) is 2.73. The molecule has 4 rings (SSSR count). The molecule has 7 heteroatoms. The summed E-state index contributed by atoms with van der Waals surface area (Å²) in [7, 11) is -1.09. The number of anilines is 1. The van der Waals surface area contributed by atoms with Gasteiger partial charge in [0.2, 0.25) is 0 Å². The molecular weight excluding hydrogens is 352 g/mol. The van der Waals surface area contributed by atoms with Crippen LogP contribution in [0, 0.1) is 0 Å². The first-order valence-electron chi connectivity index (χ1n) is 8.19. The van der Waals surface area contributed by atoms with Crippen LogP contribution < -0.4 is 5.73 Å². The molecule has 0 aliphatic carbocycles. The Morgan fingerprint density at radius 2 is 2.08 bits per heavy atom. The quantitative estimate of drug-likeness (QED) is 0.574. The number of hydrogen-bond acceptors (Lipinski definition) is 5. The SMILES string of the molecule is CCCCS(=O)c1sc2nc(-c3ccccc3)n3ccnc3c2c1N. The number of fused-ring (bicyclic) bond motifs is 3. The predicted octanol–water partition coefficient (Wildman–Crippen LogP) is 4.10. The molecule has 0 aliphatic rings. The molecule has 4 aromatic rings. The Morgan fingerprint density at radius 1 is 1.28 bits per heavy atom. The molecule has 2 N–H and O–H groups in total. The monoisotopic (exact) mass is 370 g/mol. The second kappa shape index (κ2) is 6.57. The lowest BCUT2D eigenvalue weighted by Gasteiger charge is -2.06. The van der Waals surface area contributed by atoms with Crippen molar-refractivity contribution in [2.45, 2.75) is 24.0 Å². The van der Waals surface area contributed by atoms with Gasteiger partial charge < -0.3 is 5.73 Å². The van der Waals surface area contributed by atoms with Gasteiger partial charge in [0.1, 0.15) is 14.9 Å². The molecule has 0 aliphatic heterocycles. The average Bonchev–Trinajstić information content (AvgIpc) is 3.24. The summed E-state index contributed by atoms with van der Waals surface area (Å²) in [5.41, 5.74) is 8.67. The van der Waals surface area contributed by atoms with Gasteiger partial charge in [0.25, 0.3) is 0 Å². The van der Waals surface area contributed by atoms with Crippen molar-refractivity contribution in [1.82, 2.24) is 14.4 Å². The summed E-state index contributed by atoms with van der Waals surface area (Å²) in [5.74, 6) is 1.44. The van der Waals surface area contributed by atoms with Crippen LogP contribution in [0.15, 0.2) is 46.9 Å². The number of thiophene rings is 1. The Morgan fingerprint density at radius 3 is 2.84 bits per heavy atom. The molecule has 3 aromatic heterocycles. The minimum atomic E-state index is -1.09. The zero-order chi connectivity index (χ0) is 17.4. The van der Waals surface area contributed by atoms with Crippen LogP contribution in [0.4, 0.5) is 5.69 Å². The first kappa shape index (κ1) is 16.2. The van der Waals surface area contributed by atoms with Crippen LogP contribution >= 0.6 is 11.3 Å². The van der Waals surface area contributed by atoms with Crippen LogP contribution in [0.5, 0.6) is 0 Å². The smallest absolute Gasteiger partial charge is 0.150 e. The fraction of sp³-hybridized carbons (Fsp3) is 0.222. The average molecular weight is 371 g/mol. The highest BCUT2D eigenvalue weighted by atomic mass is 32.2. The number of imidazole rings is 1. The van der Waals surface area contributed by atoms with Crippen LogP contribution in [0.1, 0.15) is 19.8 Å². The molecule has 1 atom stereocenters. The molecular formula is C18H18N4OS2. The summed E-state index contributed by atoms with van der Waals surface area (Å²) in [6, 6.07) is 9.98. The van der Waals surface area contributed by atoms with Gasteiger partial charge in [0.05, 0.1) is 21.9 Å². The maximum absolute atomic E-state index is 12.6. The van der Waals surface area contributed by atoms with Crippen molar-refractivity contribution in [3.05, 3.63) is 42.7 Å². The van der Waals surface area contributed by atoms with E-state index in [1.165, 1.54) is 11.3 Å². The Labute approximate surface area is 152 Å². The normalized spacial score (nSPS) is 12.8. The summed E-state index contributed by atoms with van der Waals surface area (Å²) in [6.45, 7) is 2.09. The molecule has 0 radical (unpaired) electrons. The Hall–Kier alpha value is -2.25. The third-order valence-electron chi connectivity index (χ3n) is 4.11. The second-order valence-electron chi connectivity index (χ2n) is 5.81. The highest BCUT2D eigenvalue weighted by Gasteiger charge is 2.21. The van der Waals surface area contributed by atoms with Crippen LogP contribution in [-0.2, 0) is 10.8 Å². The summed E-state index contributed by atoms with van der Waals surface area (Å²) >= 11 is 1.42. The van der Waals surface area contributed by atoms with E-state index in [4.69, 9.17) is 10.7 Å². The number of aromatic nitrogens is 3. The maximum Gasteiger partial charge on any atom is 0.150 e. The maximum atomic E-state index is 12.6. The van der Waals surface area contributed by atoms with Crippen LogP contribution in [-0.4, -0.2) is 24.3 Å². The first-order valence-corrected chi connectivity index (χ1v) is 10.3. The number of unbranched alkanes of at least 4 members (excludes halogenated alkanes) is 1. The summed E-state index contributed by atoms with van der Waals surface area (Å²) < 4.78 is 15.3. The van der Waals surface area contributed by atoms with E-state index in [1.807, 2.05) is 40.9 Å². The van der Waals surface area contributed by atoms with Crippen molar-refractivity contribution in [2.75, 3.05) is 11.5 Å². The largest absolute Gasteiger partial charge is 0.396 e. The molecule has 0 spiro atoms. The molecule has 0 bridgehead atoms. The number of nitrogens with two attached hydrogens (primary N) is 1. The fourth-order valence-corrected chi connectivity index (χ4v) is 5.61. The zero-order valence-electron chi connectivity index (χ0n) is 13.8. The van der Waals surface area contributed by atoms with Crippen molar-refractivity contribution >= 4 is 43.7 Å². The summed E-state index contributed by atoms with van der Waals surface area (Å²) in [6.07, 6.45) is 5.56. The lowest BCUT2D eigenvalue weighted by molar-refractivity contribution is 0.681. The lowest BCUT2D eigenvalue weighted by atomic mass is 10.2. The molecule has 3 heterocycles. The van der Waals surface area contributed by atoms with Crippen molar-refractivity contribution in [3.63, 3.8) is 0 Å². The third-order valence-corrected chi connectivity index (χ3v) is 7.11. The molecule has 0 saturated carbocycles. The number of nitrogens with zero attached hydrogens (tertiary/aromatic N) is 3. The van der Waals surface area contributed by atoms with Gasteiger partial charge in [-0.3, -0.25) is 8.61 Å². The van der Waals surface area contributed by atoms with E-state index in [-0.39, 0.29) is 0 Å². The predicted molar refractivity (Wildman–Crippen MR) is 104 cm³/mol. The first-order chi connectivity index (χ1) is 12.2. The Balaban J connectivity index is 1.96. The van der Waals surface area contributed by atoms with Crippen molar-refractivity contribution in [1.29, 1.82) is 0 Å². The number of benzene rings is 1. The second-order valence-corrected chi connectivity index (χ2v) is 8.57. The van der Waals surface area contributed by atoms with Gasteiger partial charge in [-0.25, -0.2) is 9.97 Å². The van der Waals surface area contributed by atoms with E-state index < -0.39 is 10.8 Å². The highest BCUT2D eigenvalue weighted by Crippen LogP contribution is 2.38. The molecule has 25 heavy (non-hydrogen) atoms. The van der Waals surface area contributed by atoms with E-state index >= 15 is 0 Å². The molecule has 128 valence electrons. The van der Waals surface area contributed by atoms with Gasteiger partial charge in [0, 0.05) is 23.7 Å². The number of rotatable bonds is 5. The lowest BCUT2D eigenvalue weighted by Crippen LogP contribution is -1.99. The molecule has 0 amide bonds. The van der Waals surface area contributed by atoms with E-state index in [0.717, 1.165) is 40.1 Å². The topological polar surface area (TPSA) is 73.3 Å². The van der Waals surface area contributed by atoms with Crippen molar-refractivity contribution in [3.8, 4) is 11.4 Å². The van der Waals surface area contributed by atoms with E-state index in [2.05, 4.69) is 11.9 Å². The van der Waals surface area contributed by atoms with Gasteiger partial charge in [0.15, 0.2) is 5.65 Å².